The fourth-order valence-electron chi connectivity index (χ4n) is 6.13. The maximum atomic E-state index is 14.0. The monoisotopic (exact) mass is 614 g/mol. The molecule has 0 saturated carbocycles. The fourth-order valence-corrected chi connectivity index (χ4v) is 6.13. The average Bonchev–Trinajstić information content (AvgIpc) is 3.57. The summed E-state index contributed by atoms with van der Waals surface area (Å²) in [5.74, 6) is -1.95. The largest absolute Gasteiger partial charge is 0.475 e. The van der Waals surface area contributed by atoms with Gasteiger partial charge in [-0.05, 0) is 44.7 Å². The number of nitrogens with zero attached hydrogens (tertiary/aromatic N) is 2. The smallest absolute Gasteiger partial charge is 0.444 e. The van der Waals surface area contributed by atoms with E-state index >= 15 is 0 Å². The SMILES string of the molecule is CC(C)(C)OC(=O)N[C@H]1CCCCCCCCC[C@H](B(O)O)NC(=O)[C@@H]2C[C@@H](OC(=O)N3Cc4ccccc4C3)CN2C1=O. The topological polar surface area (TPSA) is 158 Å². The van der Waals surface area contributed by atoms with Gasteiger partial charge in [-0.2, -0.15) is 0 Å². The Hall–Kier alpha value is -3.32. The number of amides is 4. The molecule has 12 nitrogen and oxygen atoms in total. The molecule has 2 saturated heterocycles. The molecule has 1 aromatic carbocycles. The van der Waals surface area contributed by atoms with Gasteiger partial charge in [0.1, 0.15) is 23.8 Å². The summed E-state index contributed by atoms with van der Waals surface area (Å²) < 4.78 is 11.3. The Morgan fingerprint density at radius 1 is 0.955 bits per heavy atom. The Balaban J connectivity index is 1.53. The Bertz CT molecular complexity index is 1150. The van der Waals surface area contributed by atoms with Crippen molar-refractivity contribution in [1.29, 1.82) is 0 Å². The number of hydrogen-bond donors (Lipinski definition) is 4. The molecule has 0 unspecified atom stereocenters. The number of alkyl carbamates (subject to hydrolysis) is 1. The van der Waals surface area contributed by atoms with Crippen LogP contribution in [0.1, 0.15) is 96.1 Å². The van der Waals surface area contributed by atoms with E-state index in [0.717, 1.165) is 49.7 Å². The van der Waals surface area contributed by atoms with Crippen molar-refractivity contribution < 1.29 is 38.7 Å². The van der Waals surface area contributed by atoms with E-state index in [9.17, 15) is 29.2 Å². The van der Waals surface area contributed by atoms with Crippen molar-refractivity contribution in [3.05, 3.63) is 35.4 Å². The zero-order chi connectivity index (χ0) is 31.9. The predicted octanol–water partition coefficient (Wildman–Crippen LogP) is 3.02. The summed E-state index contributed by atoms with van der Waals surface area (Å²) in [6.07, 6.45) is 4.88. The van der Waals surface area contributed by atoms with Crippen LogP contribution in [0, 0.1) is 0 Å². The molecule has 242 valence electrons. The second-order valence-electron chi connectivity index (χ2n) is 13.2. The van der Waals surface area contributed by atoms with Crippen molar-refractivity contribution in [3.8, 4) is 0 Å². The summed E-state index contributed by atoms with van der Waals surface area (Å²) in [5, 5.41) is 25.4. The van der Waals surface area contributed by atoms with Crippen molar-refractivity contribution in [2.75, 3.05) is 6.54 Å². The average molecular weight is 615 g/mol. The van der Waals surface area contributed by atoms with Crippen LogP contribution in [0.2, 0.25) is 0 Å². The normalized spacial score (nSPS) is 25.5. The van der Waals surface area contributed by atoms with Gasteiger partial charge in [0.15, 0.2) is 0 Å². The molecule has 0 spiro atoms. The number of rotatable bonds is 3. The van der Waals surface area contributed by atoms with Gasteiger partial charge < -0.3 is 35.1 Å². The van der Waals surface area contributed by atoms with E-state index < -0.39 is 60.8 Å². The molecule has 0 aliphatic carbocycles. The first kappa shape index (κ1) is 33.6. The molecule has 1 aromatic rings. The summed E-state index contributed by atoms with van der Waals surface area (Å²) in [6.45, 7) is 5.98. The minimum atomic E-state index is -1.77. The van der Waals surface area contributed by atoms with Crippen LogP contribution >= 0.6 is 0 Å². The molecule has 3 heterocycles. The highest BCUT2D eigenvalue weighted by Gasteiger charge is 2.45. The Morgan fingerprint density at radius 2 is 1.55 bits per heavy atom. The Labute approximate surface area is 260 Å². The zero-order valence-corrected chi connectivity index (χ0v) is 26.1. The molecule has 4 amide bonds. The molecular weight excluding hydrogens is 567 g/mol. The molecule has 4 rings (SSSR count). The van der Waals surface area contributed by atoms with Crippen LogP contribution in [0.3, 0.4) is 0 Å². The van der Waals surface area contributed by atoms with E-state index in [1.165, 1.54) is 4.90 Å². The highest BCUT2D eigenvalue weighted by atomic mass is 16.6. The molecule has 2 fully saturated rings. The van der Waals surface area contributed by atoms with Gasteiger partial charge >= 0.3 is 19.3 Å². The van der Waals surface area contributed by atoms with Crippen LogP contribution in [-0.4, -0.2) is 87.2 Å². The third-order valence-corrected chi connectivity index (χ3v) is 8.40. The maximum absolute atomic E-state index is 14.0. The molecule has 3 aliphatic heterocycles. The van der Waals surface area contributed by atoms with Gasteiger partial charge in [0.25, 0.3) is 0 Å². The van der Waals surface area contributed by atoms with E-state index in [1.807, 2.05) is 24.3 Å². The second-order valence-corrected chi connectivity index (χ2v) is 13.2. The third-order valence-electron chi connectivity index (χ3n) is 8.40. The molecule has 44 heavy (non-hydrogen) atoms. The Morgan fingerprint density at radius 3 is 2.14 bits per heavy atom. The number of ether oxygens (including phenoxy) is 2. The summed E-state index contributed by atoms with van der Waals surface area (Å²) in [6, 6.07) is 5.77. The van der Waals surface area contributed by atoms with Crippen LogP contribution in [0.4, 0.5) is 9.59 Å². The molecule has 0 aromatic heterocycles. The maximum Gasteiger partial charge on any atom is 0.475 e. The molecule has 0 radical (unpaired) electrons. The van der Waals surface area contributed by atoms with Gasteiger partial charge in [0, 0.05) is 19.5 Å². The highest BCUT2D eigenvalue weighted by molar-refractivity contribution is 6.43. The summed E-state index contributed by atoms with van der Waals surface area (Å²) in [5.41, 5.74) is 1.31. The van der Waals surface area contributed by atoms with Crippen molar-refractivity contribution in [2.24, 2.45) is 0 Å². The van der Waals surface area contributed by atoms with Gasteiger partial charge in [0.05, 0.1) is 12.5 Å². The number of benzene rings is 1. The quantitative estimate of drug-likeness (QED) is 0.379. The zero-order valence-electron chi connectivity index (χ0n) is 26.1. The van der Waals surface area contributed by atoms with Crippen molar-refractivity contribution in [2.45, 2.75) is 128 Å². The van der Waals surface area contributed by atoms with Crippen LogP contribution in [0.25, 0.3) is 0 Å². The lowest BCUT2D eigenvalue weighted by molar-refractivity contribution is -0.140. The lowest BCUT2D eigenvalue weighted by Crippen LogP contribution is -2.56. The van der Waals surface area contributed by atoms with Gasteiger partial charge in [-0.3, -0.25) is 14.5 Å². The Kier molecular flexibility index (Phi) is 11.5. The molecular formula is C31H47BN4O8. The third kappa shape index (κ3) is 9.34. The number of carbonyl (C=O) groups excluding carboxylic acids is 4. The number of hydrogen-bond acceptors (Lipinski definition) is 8. The van der Waals surface area contributed by atoms with E-state index in [4.69, 9.17) is 9.47 Å². The van der Waals surface area contributed by atoms with Gasteiger partial charge in [-0.15, -0.1) is 0 Å². The first-order valence-corrected chi connectivity index (χ1v) is 15.9. The predicted molar refractivity (Wildman–Crippen MR) is 163 cm³/mol. The lowest BCUT2D eigenvalue weighted by atomic mass is 9.76. The van der Waals surface area contributed by atoms with Gasteiger partial charge in [-0.25, -0.2) is 9.59 Å². The van der Waals surface area contributed by atoms with Crippen LogP contribution in [0.5, 0.6) is 0 Å². The second kappa shape index (κ2) is 15.1. The first-order valence-electron chi connectivity index (χ1n) is 15.9. The van der Waals surface area contributed by atoms with Crippen molar-refractivity contribution in [3.63, 3.8) is 0 Å². The van der Waals surface area contributed by atoms with Crippen LogP contribution < -0.4 is 10.6 Å². The number of nitrogens with one attached hydrogen (secondary N) is 2. The van der Waals surface area contributed by atoms with Crippen LogP contribution in [0.15, 0.2) is 24.3 Å². The summed E-state index contributed by atoms with van der Waals surface area (Å²) >= 11 is 0. The van der Waals surface area contributed by atoms with Crippen LogP contribution in [-0.2, 0) is 32.2 Å². The molecule has 4 N–H and O–H groups in total. The van der Waals surface area contributed by atoms with Crippen molar-refractivity contribution >= 4 is 31.1 Å². The summed E-state index contributed by atoms with van der Waals surface area (Å²) in [7, 11) is -1.77. The van der Waals surface area contributed by atoms with E-state index in [2.05, 4.69) is 10.6 Å². The van der Waals surface area contributed by atoms with Gasteiger partial charge in [0.2, 0.25) is 11.8 Å². The molecule has 0 bridgehead atoms. The minimum absolute atomic E-state index is 0.0392. The first-order chi connectivity index (χ1) is 20.9. The highest BCUT2D eigenvalue weighted by Crippen LogP contribution is 2.27. The fraction of sp³-hybridized carbons (Fsp3) is 0.677. The van der Waals surface area contributed by atoms with Gasteiger partial charge in [-0.1, -0.05) is 69.2 Å². The van der Waals surface area contributed by atoms with Crippen molar-refractivity contribution in [1.82, 2.24) is 20.4 Å². The standard InChI is InChI=1S/C31H47BN4O8/c1-31(2,3)44-29(39)33-24-15-9-7-5-4-6-8-10-16-26(32(41)42)34-27(37)25-17-23(20-36(25)28(24)38)43-30(40)35-18-21-13-11-12-14-22(21)19-35/h11-14,23-26,41-42H,4-10,15-20H2,1-3H3,(H,33,39)(H,34,37)/t23-,24+,25+,26-/m1/s1. The molecule has 4 atom stereocenters. The van der Waals surface area contributed by atoms with E-state index in [1.54, 1.807) is 25.7 Å². The van der Waals surface area contributed by atoms with E-state index in [-0.39, 0.29) is 13.0 Å². The lowest BCUT2D eigenvalue weighted by Gasteiger charge is -2.30. The number of carbonyl (C=O) groups is 4. The summed E-state index contributed by atoms with van der Waals surface area (Å²) in [4.78, 5) is 56.5. The van der Waals surface area contributed by atoms with E-state index in [0.29, 0.717) is 32.4 Å². The molecule has 3 aliphatic rings. The minimum Gasteiger partial charge on any atom is -0.444 e. The molecule has 13 heteroatoms. The number of fused-ring (bicyclic) bond motifs is 2.